The van der Waals surface area contributed by atoms with Gasteiger partial charge >= 0.3 is 0 Å². The molecule has 0 bridgehead atoms. The molecule has 0 unspecified atom stereocenters. The van der Waals surface area contributed by atoms with Crippen LogP contribution < -0.4 is 5.32 Å². The summed E-state index contributed by atoms with van der Waals surface area (Å²) < 4.78 is 0. The molecule has 14 heavy (non-hydrogen) atoms. The summed E-state index contributed by atoms with van der Waals surface area (Å²) in [6, 6.07) is 3.67. The predicted molar refractivity (Wildman–Crippen MR) is 55.2 cm³/mol. The minimum Gasteiger partial charge on any atom is -0.394 e. The zero-order chi connectivity index (χ0) is 10.6. The van der Waals surface area contributed by atoms with E-state index >= 15 is 0 Å². The van der Waals surface area contributed by atoms with Gasteiger partial charge in [0.2, 0.25) is 0 Å². The second kappa shape index (κ2) is 4.39. The highest BCUT2D eigenvalue weighted by atomic mass is 16.3. The molecule has 0 aliphatic carbocycles. The van der Waals surface area contributed by atoms with Gasteiger partial charge in [-0.05, 0) is 26.0 Å². The molecule has 1 aromatic rings. The van der Waals surface area contributed by atoms with Crippen LogP contribution in [0.1, 0.15) is 12.6 Å². The largest absolute Gasteiger partial charge is 0.394 e. The van der Waals surface area contributed by atoms with Gasteiger partial charge in [-0.15, -0.1) is 0 Å². The molecule has 0 aliphatic rings. The molecule has 0 spiro atoms. The van der Waals surface area contributed by atoms with Crippen molar-refractivity contribution in [2.75, 3.05) is 18.5 Å². The Labute approximate surface area is 83.6 Å². The predicted octanol–water partition coefficient (Wildman–Crippen LogP) is 0.545. The summed E-state index contributed by atoms with van der Waals surface area (Å²) in [6.07, 6.45) is 1.69. The normalized spacial score (nSPS) is 11.4. The van der Waals surface area contributed by atoms with Crippen molar-refractivity contribution in [2.24, 2.45) is 0 Å². The summed E-state index contributed by atoms with van der Waals surface area (Å²) in [7, 11) is 0. The van der Waals surface area contributed by atoms with Crippen molar-refractivity contribution < 1.29 is 10.2 Å². The Morgan fingerprint density at radius 3 is 2.57 bits per heavy atom. The van der Waals surface area contributed by atoms with Gasteiger partial charge in [-0.1, -0.05) is 0 Å². The van der Waals surface area contributed by atoms with Gasteiger partial charge in [-0.2, -0.15) is 0 Å². The molecule has 0 saturated carbocycles. The first-order valence-electron chi connectivity index (χ1n) is 4.52. The van der Waals surface area contributed by atoms with E-state index in [0.717, 1.165) is 11.4 Å². The van der Waals surface area contributed by atoms with Gasteiger partial charge < -0.3 is 15.5 Å². The third kappa shape index (κ3) is 2.68. The van der Waals surface area contributed by atoms with E-state index in [1.54, 1.807) is 19.2 Å². The Balaban J connectivity index is 2.77. The molecule has 0 atom stereocenters. The first kappa shape index (κ1) is 10.9. The zero-order valence-corrected chi connectivity index (χ0v) is 8.49. The molecule has 0 fully saturated rings. The Kier molecular flexibility index (Phi) is 3.43. The smallest absolute Gasteiger partial charge is 0.0806 e. The van der Waals surface area contributed by atoms with Gasteiger partial charge in [0.1, 0.15) is 0 Å². The quantitative estimate of drug-likeness (QED) is 0.658. The number of pyridine rings is 1. The average molecular weight is 196 g/mol. The van der Waals surface area contributed by atoms with Gasteiger partial charge in [0.05, 0.1) is 18.8 Å². The number of aliphatic hydroxyl groups excluding tert-OH is 2. The monoisotopic (exact) mass is 196 g/mol. The maximum Gasteiger partial charge on any atom is 0.0806 e. The van der Waals surface area contributed by atoms with Crippen molar-refractivity contribution in [3.05, 3.63) is 24.0 Å². The van der Waals surface area contributed by atoms with Crippen molar-refractivity contribution in [1.82, 2.24) is 4.98 Å². The van der Waals surface area contributed by atoms with Crippen LogP contribution in [0, 0.1) is 6.92 Å². The highest BCUT2D eigenvalue weighted by Crippen LogP contribution is 2.14. The summed E-state index contributed by atoms with van der Waals surface area (Å²) >= 11 is 0. The lowest BCUT2D eigenvalue weighted by Crippen LogP contribution is -2.42. The van der Waals surface area contributed by atoms with Crippen LogP contribution in [0.15, 0.2) is 18.3 Å². The minimum absolute atomic E-state index is 0.120. The van der Waals surface area contributed by atoms with Crippen molar-refractivity contribution in [1.29, 1.82) is 0 Å². The number of aromatic nitrogens is 1. The topological polar surface area (TPSA) is 65.4 Å². The maximum absolute atomic E-state index is 9.08. The van der Waals surface area contributed by atoms with Crippen LogP contribution in [-0.4, -0.2) is 33.9 Å². The molecular formula is C10H16N2O2. The number of nitrogens with zero attached hydrogens (tertiary/aromatic N) is 1. The summed E-state index contributed by atoms with van der Waals surface area (Å²) in [4.78, 5) is 4.06. The summed E-state index contributed by atoms with van der Waals surface area (Å²) in [5.74, 6) is 0. The second-order valence-electron chi connectivity index (χ2n) is 3.69. The molecule has 0 saturated heterocycles. The fourth-order valence-corrected chi connectivity index (χ4v) is 1.10. The third-order valence-electron chi connectivity index (χ3n) is 2.04. The number of hydrogen-bond donors (Lipinski definition) is 3. The van der Waals surface area contributed by atoms with E-state index in [1.807, 2.05) is 13.0 Å². The number of aryl methyl sites for hydroxylation is 1. The van der Waals surface area contributed by atoms with E-state index in [9.17, 15) is 0 Å². The summed E-state index contributed by atoms with van der Waals surface area (Å²) in [5, 5.41) is 21.2. The van der Waals surface area contributed by atoms with Gasteiger partial charge in [-0.3, -0.25) is 4.98 Å². The molecule has 1 rings (SSSR count). The van der Waals surface area contributed by atoms with Crippen molar-refractivity contribution in [3.63, 3.8) is 0 Å². The first-order valence-corrected chi connectivity index (χ1v) is 4.52. The Morgan fingerprint density at radius 2 is 2.07 bits per heavy atom. The summed E-state index contributed by atoms with van der Waals surface area (Å²) in [5.41, 5.74) is 1.06. The van der Waals surface area contributed by atoms with Crippen molar-refractivity contribution in [3.8, 4) is 0 Å². The van der Waals surface area contributed by atoms with Crippen molar-refractivity contribution in [2.45, 2.75) is 19.4 Å². The average Bonchev–Trinajstić information content (AvgIpc) is 2.18. The van der Waals surface area contributed by atoms with E-state index in [1.165, 1.54) is 0 Å². The van der Waals surface area contributed by atoms with E-state index in [-0.39, 0.29) is 13.2 Å². The number of rotatable bonds is 4. The Hall–Kier alpha value is -1.13. The maximum atomic E-state index is 9.08. The van der Waals surface area contributed by atoms with Crippen LogP contribution in [0.5, 0.6) is 0 Å². The van der Waals surface area contributed by atoms with Gasteiger partial charge in [0.15, 0.2) is 0 Å². The van der Waals surface area contributed by atoms with E-state index < -0.39 is 5.54 Å². The first-order chi connectivity index (χ1) is 6.59. The van der Waals surface area contributed by atoms with Crippen LogP contribution in [-0.2, 0) is 0 Å². The molecular weight excluding hydrogens is 180 g/mol. The molecule has 3 N–H and O–H groups in total. The van der Waals surface area contributed by atoms with E-state index in [0.29, 0.717) is 0 Å². The lowest BCUT2D eigenvalue weighted by Gasteiger charge is -2.27. The number of nitrogens with one attached hydrogen (secondary N) is 1. The lowest BCUT2D eigenvalue weighted by atomic mass is 10.1. The summed E-state index contributed by atoms with van der Waals surface area (Å²) in [6.45, 7) is 3.40. The van der Waals surface area contributed by atoms with Gasteiger partial charge in [0, 0.05) is 17.6 Å². The zero-order valence-electron chi connectivity index (χ0n) is 8.49. The highest BCUT2D eigenvalue weighted by Gasteiger charge is 2.21. The number of anilines is 1. The molecule has 1 aromatic heterocycles. The SMILES string of the molecule is Cc1cc(NC(C)(CO)CO)ccn1. The van der Waals surface area contributed by atoms with E-state index in [2.05, 4.69) is 10.3 Å². The van der Waals surface area contributed by atoms with Gasteiger partial charge in [0.25, 0.3) is 0 Å². The van der Waals surface area contributed by atoms with Crippen LogP contribution in [0.4, 0.5) is 5.69 Å². The molecule has 78 valence electrons. The van der Waals surface area contributed by atoms with Crippen LogP contribution >= 0.6 is 0 Å². The molecule has 4 heteroatoms. The van der Waals surface area contributed by atoms with E-state index in [4.69, 9.17) is 10.2 Å². The molecule has 0 radical (unpaired) electrons. The molecule has 0 aliphatic heterocycles. The van der Waals surface area contributed by atoms with Crippen molar-refractivity contribution >= 4 is 5.69 Å². The standard InChI is InChI=1S/C10H16N2O2/c1-8-5-9(3-4-11-8)12-10(2,6-13)7-14/h3-5,13-14H,6-7H2,1-2H3,(H,11,12). The van der Waals surface area contributed by atoms with Gasteiger partial charge in [-0.25, -0.2) is 0 Å². The molecule has 0 aromatic carbocycles. The van der Waals surface area contributed by atoms with Crippen LogP contribution in [0.25, 0.3) is 0 Å². The fraction of sp³-hybridized carbons (Fsp3) is 0.500. The Morgan fingerprint density at radius 1 is 1.43 bits per heavy atom. The highest BCUT2D eigenvalue weighted by molar-refractivity contribution is 5.45. The van der Waals surface area contributed by atoms with Crippen LogP contribution in [0.2, 0.25) is 0 Å². The minimum atomic E-state index is -0.687. The van der Waals surface area contributed by atoms with Crippen LogP contribution in [0.3, 0.4) is 0 Å². The molecule has 1 heterocycles. The lowest BCUT2D eigenvalue weighted by molar-refractivity contribution is 0.147. The fourth-order valence-electron chi connectivity index (χ4n) is 1.10. The second-order valence-corrected chi connectivity index (χ2v) is 3.69. The molecule has 4 nitrogen and oxygen atoms in total. The number of hydrogen-bond acceptors (Lipinski definition) is 4. The molecule has 0 amide bonds. The number of aliphatic hydroxyl groups is 2. The Bertz CT molecular complexity index is 298. The third-order valence-corrected chi connectivity index (χ3v) is 2.04.